The minimum absolute atomic E-state index is 0.275. The van der Waals surface area contributed by atoms with E-state index in [1.807, 2.05) is 12.4 Å². The van der Waals surface area contributed by atoms with Gasteiger partial charge in [-0.3, -0.25) is 4.90 Å². The van der Waals surface area contributed by atoms with Crippen molar-refractivity contribution in [3.63, 3.8) is 0 Å². The van der Waals surface area contributed by atoms with Gasteiger partial charge in [-0.2, -0.15) is 0 Å². The molecule has 2 aliphatic rings. The van der Waals surface area contributed by atoms with E-state index in [0.29, 0.717) is 0 Å². The van der Waals surface area contributed by atoms with Crippen LogP contribution in [0.3, 0.4) is 0 Å². The third kappa shape index (κ3) is 4.86. The fraction of sp³-hybridized carbons (Fsp3) is 0.765. The molecule has 6 nitrogen and oxygen atoms in total. The predicted molar refractivity (Wildman–Crippen MR) is 89.6 cm³/mol. The van der Waals surface area contributed by atoms with E-state index in [1.54, 1.807) is 7.11 Å². The Bertz CT molecular complexity index is 462. The SMILES string of the molecule is COCC[C@@H]1CN(Cc2cnc(N3CCCCC3)nc2)CCO1. The summed E-state index contributed by atoms with van der Waals surface area (Å²) in [6.07, 6.45) is 9.03. The first-order valence-electron chi connectivity index (χ1n) is 8.74. The number of rotatable bonds is 6. The van der Waals surface area contributed by atoms with Crippen LogP contribution < -0.4 is 4.90 Å². The molecule has 1 aromatic rings. The van der Waals surface area contributed by atoms with E-state index in [-0.39, 0.29) is 6.10 Å². The van der Waals surface area contributed by atoms with Crippen molar-refractivity contribution in [3.8, 4) is 0 Å². The van der Waals surface area contributed by atoms with Gasteiger partial charge in [0, 0.05) is 64.4 Å². The molecule has 0 spiro atoms. The van der Waals surface area contributed by atoms with Crippen molar-refractivity contribution in [3.05, 3.63) is 18.0 Å². The normalized spacial score (nSPS) is 23.2. The maximum Gasteiger partial charge on any atom is 0.225 e. The lowest BCUT2D eigenvalue weighted by molar-refractivity contribution is -0.0433. The van der Waals surface area contributed by atoms with Crippen molar-refractivity contribution in [2.24, 2.45) is 0 Å². The van der Waals surface area contributed by atoms with E-state index in [2.05, 4.69) is 19.8 Å². The van der Waals surface area contributed by atoms with E-state index in [0.717, 1.165) is 58.3 Å². The van der Waals surface area contributed by atoms with Crippen molar-refractivity contribution >= 4 is 5.95 Å². The van der Waals surface area contributed by atoms with Crippen LogP contribution in [-0.2, 0) is 16.0 Å². The zero-order chi connectivity index (χ0) is 15.9. The highest BCUT2D eigenvalue weighted by Crippen LogP contribution is 2.16. The largest absolute Gasteiger partial charge is 0.385 e. The van der Waals surface area contributed by atoms with Crippen molar-refractivity contribution in [2.45, 2.75) is 38.3 Å². The summed E-state index contributed by atoms with van der Waals surface area (Å²) in [6, 6.07) is 0. The summed E-state index contributed by atoms with van der Waals surface area (Å²) < 4.78 is 10.9. The molecule has 1 atom stereocenters. The highest BCUT2D eigenvalue weighted by atomic mass is 16.5. The van der Waals surface area contributed by atoms with Crippen LogP contribution in [0.1, 0.15) is 31.2 Å². The van der Waals surface area contributed by atoms with Crippen molar-refractivity contribution < 1.29 is 9.47 Å². The molecular weight excluding hydrogens is 292 g/mol. The highest BCUT2D eigenvalue weighted by molar-refractivity contribution is 5.30. The van der Waals surface area contributed by atoms with Gasteiger partial charge in [0.15, 0.2) is 0 Å². The standard InChI is InChI=1S/C17H28N4O2/c1-22-9-5-16-14-20(8-10-23-16)13-15-11-18-17(19-12-15)21-6-3-2-4-7-21/h11-12,16H,2-10,13-14H2,1H3/t16-/m1/s1. The number of nitrogens with zero attached hydrogens (tertiary/aromatic N) is 4. The quantitative estimate of drug-likeness (QED) is 0.795. The molecule has 1 aromatic heterocycles. The Labute approximate surface area is 138 Å². The number of anilines is 1. The van der Waals surface area contributed by atoms with E-state index in [1.165, 1.54) is 24.8 Å². The van der Waals surface area contributed by atoms with Crippen molar-refractivity contribution in [1.82, 2.24) is 14.9 Å². The molecule has 2 aliphatic heterocycles. The summed E-state index contributed by atoms with van der Waals surface area (Å²) >= 11 is 0. The molecule has 6 heteroatoms. The number of aromatic nitrogens is 2. The van der Waals surface area contributed by atoms with E-state index < -0.39 is 0 Å². The van der Waals surface area contributed by atoms with Gasteiger partial charge in [-0.15, -0.1) is 0 Å². The van der Waals surface area contributed by atoms with Gasteiger partial charge in [-0.25, -0.2) is 9.97 Å². The van der Waals surface area contributed by atoms with Crippen LogP contribution in [0.15, 0.2) is 12.4 Å². The first-order chi connectivity index (χ1) is 11.3. The Balaban J connectivity index is 1.51. The zero-order valence-electron chi connectivity index (χ0n) is 14.1. The van der Waals surface area contributed by atoms with Crippen LogP contribution >= 0.6 is 0 Å². The van der Waals surface area contributed by atoms with Crippen LogP contribution in [0, 0.1) is 0 Å². The number of methoxy groups -OCH3 is 1. The Hall–Kier alpha value is -1.24. The maximum absolute atomic E-state index is 5.79. The van der Waals surface area contributed by atoms with Crippen LogP contribution in [0.2, 0.25) is 0 Å². The van der Waals surface area contributed by atoms with Crippen LogP contribution in [0.5, 0.6) is 0 Å². The summed E-state index contributed by atoms with van der Waals surface area (Å²) in [5, 5.41) is 0. The number of piperidine rings is 1. The third-order valence-corrected chi connectivity index (χ3v) is 4.60. The van der Waals surface area contributed by atoms with Gasteiger partial charge in [-0.05, 0) is 25.7 Å². The molecule has 0 aliphatic carbocycles. The Morgan fingerprint density at radius 3 is 2.70 bits per heavy atom. The second kappa shape index (κ2) is 8.57. The molecule has 128 valence electrons. The zero-order valence-corrected chi connectivity index (χ0v) is 14.1. The molecule has 0 radical (unpaired) electrons. The number of hydrogen-bond acceptors (Lipinski definition) is 6. The lowest BCUT2D eigenvalue weighted by Gasteiger charge is -2.32. The molecule has 0 saturated carbocycles. The highest BCUT2D eigenvalue weighted by Gasteiger charge is 2.20. The number of hydrogen-bond donors (Lipinski definition) is 0. The number of ether oxygens (including phenoxy) is 2. The second-order valence-corrected chi connectivity index (χ2v) is 6.45. The monoisotopic (exact) mass is 320 g/mol. The van der Waals surface area contributed by atoms with Gasteiger partial charge in [-0.1, -0.05) is 0 Å². The van der Waals surface area contributed by atoms with Crippen LogP contribution in [0.4, 0.5) is 5.95 Å². The first-order valence-corrected chi connectivity index (χ1v) is 8.74. The lowest BCUT2D eigenvalue weighted by Crippen LogP contribution is -2.42. The van der Waals surface area contributed by atoms with Crippen LogP contribution in [0.25, 0.3) is 0 Å². The lowest BCUT2D eigenvalue weighted by atomic mass is 10.1. The topological polar surface area (TPSA) is 50.7 Å². The van der Waals surface area contributed by atoms with Gasteiger partial charge in [0.2, 0.25) is 5.95 Å². The third-order valence-electron chi connectivity index (χ3n) is 4.60. The molecule has 23 heavy (non-hydrogen) atoms. The fourth-order valence-electron chi connectivity index (χ4n) is 3.29. The second-order valence-electron chi connectivity index (χ2n) is 6.45. The summed E-state index contributed by atoms with van der Waals surface area (Å²) in [4.78, 5) is 13.9. The first kappa shape index (κ1) is 16.6. The fourth-order valence-corrected chi connectivity index (χ4v) is 3.29. The van der Waals surface area contributed by atoms with E-state index >= 15 is 0 Å². The van der Waals surface area contributed by atoms with Gasteiger partial charge in [0.05, 0.1) is 12.7 Å². The maximum atomic E-state index is 5.79. The van der Waals surface area contributed by atoms with Gasteiger partial charge < -0.3 is 14.4 Å². The minimum Gasteiger partial charge on any atom is -0.385 e. The summed E-state index contributed by atoms with van der Waals surface area (Å²) in [6.45, 7) is 6.54. The molecule has 0 aromatic carbocycles. The smallest absolute Gasteiger partial charge is 0.225 e. The molecular formula is C17H28N4O2. The molecule has 0 N–H and O–H groups in total. The molecule has 3 heterocycles. The minimum atomic E-state index is 0.275. The number of morpholine rings is 1. The van der Waals surface area contributed by atoms with Gasteiger partial charge in [0.25, 0.3) is 0 Å². The van der Waals surface area contributed by atoms with Gasteiger partial charge in [0.1, 0.15) is 0 Å². The van der Waals surface area contributed by atoms with Crippen LogP contribution in [-0.4, -0.2) is 67.5 Å². The molecule has 2 saturated heterocycles. The molecule has 0 bridgehead atoms. The summed E-state index contributed by atoms with van der Waals surface area (Å²) in [5.74, 6) is 0.883. The van der Waals surface area contributed by atoms with Crippen molar-refractivity contribution in [2.75, 3.05) is 51.4 Å². The molecule has 2 fully saturated rings. The predicted octanol–water partition coefficient (Wildman–Crippen LogP) is 1.70. The van der Waals surface area contributed by atoms with E-state index in [9.17, 15) is 0 Å². The molecule has 3 rings (SSSR count). The molecule has 0 unspecified atom stereocenters. The Morgan fingerprint density at radius 1 is 1.17 bits per heavy atom. The molecule has 0 amide bonds. The van der Waals surface area contributed by atoms with Crippen molar-refractivity contribution in [1.29, 1.82) is 0 Å². The van der Waals surface area contributed by atoms with Gasteiger partial charge >= 0.3 is 0 Å². The average Bonchev–Trinajstić information content (AvgIpc) is 2.62. The Morgan fingerprint density at radius 2 is 1.96 bits per heavy atom. The summed E-state index contributed by atoms with van der Waals surface area (Å²) in [5.41, 5.74) is 1.18. The Kier molecular flexibility index (Phi) is 6.19. The average molecular weight is 320 g/mol. The summed E-state index contributed by atoms with van der Waals surface area (Å²) in [7, 11) is 1.74. The van der Waals surface area contributed by atoms with E-state index in [4.69, 9.17) is 9.47 Å².